The molecule has 0 aliphatic heterocycles. The Morgan fingerprint density at radius 2 is 1.82 bits per heavy atom. The molecule has 1 N–H and O–H groups in total. The number of nitrogens with zero attached hydrogens (tertiary/aromatic N) is 2. The number of hydrogen-bond acceptors (Lipinski definition) is 2. The monoisotopic (exact) mass is 309 g/mol. The van der Waals surface area contributed by atoms with Crippen LogP contribution in [0.1, 0.15) is 22.5 Å². The summed E-state index contributed by atoms with van der Waals surface area (Å²) in [6.45, 7) is 4.20. The van der Waals surface area contributed by atoms with Crippen LogP contribution in [0.25, 0.3) is 5.69 Å². The number of nitrogens with one attached hydrogen (secondary N) is 1. The highest BCUT2D eigenvalue weighted by Gasteiger charge is 2.11. The molecule has 112 valence electrons. The molecular formula is C18H19N3S. The standard InChI is InChI=1S/C18H19N3S/c1-13-8-9-14(2)16(12-13)21-17(19-20-18(21)22)11-10-15-6-4-3-5-7-15/h3-9,12H,10-11H2,1-2H3,(H,20,22). The van der Waals surface area contributed by atoms with Gasteiger partial charge in [0.15, 0.2) is 4.77 Å². The Kier molecular flexibility index (Phi) is 4.20. The molecule has 3 rings (SSSR count). The fourth-order valence-corrected chi connectivity index (χ4v) is 2.86. The minimum Gasteiger partial charge on any atom is -0.272 e. The van der Waals surface area contributed by atoms with E-state index in [2.05, 4.69) is 71.1 Å². The lowest BCUT2D eigenvalue weighted by atomic mass is 10.1. The van der Waals surface area contributed by atoms with Gasteiger partial charge in [0.1, 0.15) is 5.82 Å². The van der Waals surface area contributed by atoms with Gasteiger partial charge in [0.05, 0.1) is 5.69 Å². The Labute approximate surface area is 135 Å². The van der Waals surface area contributed by atoms with Crippen LogP contribution >= 0.6 is 12.2 Å². The van der Waals surface area contributed by atoms with Crippen LogP contribution in [0.2, 0.25) is 0 Å². The van der Waals surface area contributed by atoms with E-state index in [9.17, 15) is 0 Å². The molecular weight excluding hydrogens is 290 g/mol. The van der Waals surface area contributed by atoms with Crippen molar-refractivity contribution >= 4 is 12.2 Å². The molecule has 0 fully saturated rings. The normalized spacial score (nSPS) is 10.8. The Hall–Kier alpha value is -2.20. The van der Waals surface area contributed by atoms with Gasteiger partial charge in [-0.25, -0.2) is 0 Å². The van der Waals surface area contributed by atoms with Crippen LogP contribution in [0.4, 0.5) is 0 Å². The number of aromatic amines is 1. The highest BCUT2D eigenvalue weighted by atomic mass is 32.1. The van der Waals surface area contributed by atoms with Crippen LogP contribution < -0.4 is 0 Å². The third kappa shape index (κ3) is 3.02. The maximum absolute atomic E-state index is 5.43. The lowest BCUT2D eigenvalue weighted by Gasteiger charge is -2.11. The predicted octanol–water partition coefficient (Wildman–Crippen LogP) is 4.33. The number of hydrogen-bond donors (Lipinski definition) is 1. The zero-order chi connectivity index (χ0) is 15.5. The molecule has 4 heteroatoms. The molecule has 0 radical (unpaired) electrons. The van der Waals surface area contributed by atoms with Crippen molar-refractivity contribution in [3.63, 3.8) is 0 Å². The highest BCUT2D eigenvalue weighted by Crippen LogP contribution is 2.19. The molecule has 1 aromatic heterocycles. The summed E-state index contributed by atoms with van der Waals surface area (Å²) < 4.78 is 2.71. The summed E-state index contributed by atoms with van der Waals surface area (Å²) >= 11 is 5.43. The number of benzene rings is 2. The number of rotatable bonds is 4. The van der Waals surface area contributed by atoms with Crippen LogP contribution in [-0.2, 0) is 12.8 Å². The van der Waals surface area contributed by atoms with Gasteiger partial charge < -0.3 is 0 Å². The van der Waals surface area contributed by atoms with Gasteiger partial charge in [-0.3, -0.25) is 9.67 Å². The van der Waals surface area contributed by atoms with Crippen molar-refractivity contribution in [1.82, 2.24) is 14.8 Å². The minimum absolute atomic E-state index is 0.650. The first-order chi connectivity index (χ1) is 10.6. The van der Waals surface area contributed by atoms with Crippen LogP contribution in [0.15, 0.2) is 48.5 Å². The second-order valence-electron chi connectivity index (χ2n) is 5.56. The maximum Gasteiger partial charge on any atom is 0.199 e. The van der Waals surface area contributed by atoms with Gasteiger partial charge in [-0.15, -0.1) is 0 Å². The van der Waals surface area contributed by atoms with Crippen molar-refractivity contribution in [3.8, 4) is 5.69 Å². The second kappa shape index (κ2) is 6.28. The van der Waals surface area contributed by atoms with Crippen LogP contribution in [0.3, 0.4) is 0 Å². The molecule has 22 heavy (non-hydrogen) atoms. The average Bonchev–Trinajstić information content (AvgIpc) is 2.89. The van der Waals surface area contributed by atoms with Gasteiger partial charge in [-0.05, 0) is 55.2 Å². The number of aryl methyl sites for hydroxylation is 4. The molecule has 0 bridgehead atoms. The fraction of sp³-hybridized carbons (Fsp3) is 0.222. The molecule has 3 nitrogen and oxygen atoms in total. The molecule has 2 aromatic carbocycles. The third-order valence-corrected chi connectivity index (χ3v) is 4.10. The van der Waals surface area contributed by atoms with Gasteiger partial charge in [-0.1, -0.05) is 42.5 Å². The van der Waals surface area contributed by atoms with Gasteiger partial charge in [0.25, 0.3) is 0 Å². The summed E-state index contributed by atoms with van der Waals surface area (Å²) in [7, 11) is 0. The zero-order valence-electron chi connectivity index (χ0n) is 12.8. The van der Waals surface area contributed by atoms with Gasteiger partial charge in [0.2, 0.25) is 0 Å². The minimum atomic E-state index is 0.650. The molecule has 3 aromatic rings. The SMILES string of the molecule is Cc1ccc(C)c(-n2c(CCc3ccccc3)n[nH]c2=S)c1. The molecule has 0 atom stereocenters. The van der Waals surface area contributed by atoms with E-state index in [0.29, 0.717) is 4.77 Å². The van der Waals surface area contributed by atoms with E-state index in [1.165, 1.54) is 16.7 Å². The first-order valence-electron chi connectivity index (χ1n) is 7.43. The quantitative estimate of drug-likeness (QED) is 0.728. The largest absolute Gasteiger partial charge is 0.272 e. The summed E-state index contributed by atoms with van der Waals surface area (Å²) in [5, 5.41) is 7.36. The van der Waals surface area contributed by atoms with Crippen molar-refractivity contribution in [3.05, 3.63) is 75.8 Å². The third-order valence-electron chi connectivity index (χ3n) is 3.83. The summed E-state index contributed by atoms with van der Waals surface area (Å²) in [4.78, 5) is 0. The summed E-state index contributed by atoms with van der Waals surface area (Å²) in [5.74, 6) is 0.975. The van der Waals surface area contributed by atoms with Crippen molar-refractivity contribution in [2.24, 2.45) is 0 Å². The van der Waals surface area contributed by atoms with E-state index in [-0.39, 0.29) is 0 Å². The van der Waals surface area contributed by atoms with E-state index in [1.54, 1.807) is 0 Å². The Morgan fingerprint density at radius 3 is 2.59 bits per heavy atom. The smallest absolute Gasteiger partial charge is 0.199 e. The number of aromatic nitrogens is 3. The lowest BCUT2D eigenvalue weighted by molar-refractivity contribution is 0.817. The second-order valence-corrected chi connectivity index (χ2v) is 5.94. The molecule has 0 aliphatic rings. The topological polar surface area (TPSA) is 33.6 Å². The Bertz CT molecular complexity index is 831. The van der Waals surface area contributed by atoms with Crippen LogP contribution in [-0.4, -0.2) is 14.8 Å². The highest BCUT2D eigenvalue weighted by molar-refractivity contribution is 7.71. The zero-order valence-corrected chi connectivity index (χ0v) is 13.7. The van der Waals surface area contributed by atoms with E-state index >= 15 is 0 Å². The van der Waals surface area contributed by atoms with Crippen molar-refractivity contribution in [2.75, 3.05) is 0 Å². The van der Waals surface area contributed by atoms with E-state index in [4.69, 9.17) is 12.2 Å². The maximum atomic E-state index is 5.43. The van der Waals surface area contributed by atoms with Gasteiger partial charge in [-0.2, -0.15) is 5.10 Å². The molecule has 0 amide bonds. The predicted molar refractivity (Wildman–Crippen MR) is 92.1 cm³/mol. The number of H-pyrrole nitrogens is 1. The van der Waals surface area contributed by atoms with E-state index in [1.807, 2.05) is 6.07 Å². The molecule has 0 saturated carbocycles. The van der Waals surface area contributed by atoms with Crippen LogP contribution in [0, 0.1) is 18.6 Å². The van der Waals surface area contributed by atoms with Crippen molar-refractivity contribution in [2.45, 2.75) is 26.7 Å². The fourth-order valence-electron chi connectivity index (χ4n) is 2.61. The first kappa shape index (κ1) is 14.7. The summed E-state index contributed by atoms with van der Waals surface area (Å²) in [6.07, 6.45) is 1.80. The Morgan fingerprint density at radius 1 is 1.05 bits per heavy atom. The molecule has 0 unspecified atom stereocenters. The Balaban J connectivity index is 1.94. The molecule has 0 spiro atoms. The summed E-state index contributed by atoms with van der Waals surface area (Å²) in [5.41, 5.74) is 4.84. The van der Waals surface area contributed by atoms with E-state index in [0.717, 1.165) is 24.4 Å². The van der Waals surface area contributed by atoms with Gasteiger partial charge >= 0.3 is 0 Å². The van der Waals surface area contributed by atoms with Crippen molar-refractivity contribution < 1.29 is 0 Å². The summed E-state index contributed by atoms with van der Waals surface area (Å²) in [6, 6.07) is 16.9. The van der Waals surface area contributed by atoms with Gasteiger partial charge in [0, 0.05) is 6.42 Å². The molecule has 0 saturated heterocycles. The van der Waals surface area contributed by atoms with Crippen LogP contribution in [0.5, 0.6) is 0 Å². The lowest BCUT2D eigenvalue weighted by Crippen LogP contribution is -2.05. The average molecular weight is 309 g/mol. The first-order valence-corrected chi connectivity index (χ1v) is 7.84. The molecule has 0 aliphatic carbocycles. The van der Waals surface area contributed by atoms with Crippen molar-refractivity contribution in [1.29, 1.82) is 0 Å². The van der Waals surface area contributed by atoms with E-state index < -0.39 is 0 Å². The molecule has 1 heterocycles.